The Balaban J connectivity index is 1.27. The third-order valence-corrected chi connectivity index (χ3v) is 5.84. The first-order valence-corrected chi connectivity index (χ1v) is 11.8. The van der Waals surface area contributed by atoms with E-state index >= 15 is 0 Å². The number of para-hydroxylation sites is 1. The highest BCUT2D eigenvalue weighted by Crippen LogP contribution is 2.20. The molecule has 4 rings (SSSR count). The van der Waals surface area contributed by atoms with E-state index in [4.69, 9.17) is 4.42 Å². The number of carbonyl (C=O) groups excluding carboxylic acids is 1. The van der Waals surface area contributed by atoms with Gasteiger partial charge < -0.3 is 9.73 Å². The lowest BCUT2D eigenvalue weighted by molar-refractivity contribution is 0.0883. The molecule has 1 aromatic heterocycles. The number of rotatable bonds is 6. The van der Waals surface area contributed by atoms with Crippen molar-refractivity contribution in [3.63, 3.8) is 0 Å². The normalized spacial score (nSPS) is 15.9. The second-order valence-corrected chi connectivity index (χ2v) is 9.49. The number of likely N-dealkylation sites (tertiary alicyclic amines) is 1. The van der Waals surface area contributed by atoms with Gasteiger partial charge in [-0.15, -0.1) is 0 Å². The molecular weight excluding hydrogens is 402 g/mol. The molecule has 1 aliphatic heterocycles. The minimum atomic E-state index is -3.26. The Morgan fingerprint density at radius 2 is 1.80 bits per heavy atom. The lowest BCUT2D eigenvalue weighted by atomic mass is 10.0. The molecule has 0 spiro atoms. The van der Waals surface area contributed by atoms with Gasteiger partial charge in [0.1, 0.15) is 5.58 Å². The molecule has 2 aromatic carbocycles. The Labute approximate surface area is 176 Å². The van der Waals surface area contributed by atoms with Gasteiger partial charge in [0.25, 0.3) is 5.91 Å². The molecule has 30 heavy (non-hydrogen) atoms. The number of benzene rings is 2. The lowest BCUT2D eigenvalue weighted by Crippen LogP contribution is -2.44. The summed E-state index contributed by atoms with van der Waals surface area (Å²) in [6.07, 6.45) is 2.89. The average Bonchev–Trinajstić information content (AvgIpc) is 3.14. The molecule has 0 unspecified atom stereocenters. The number of hydrogen-bond acceptors (Lipinski definition) is 5. The van der Waals surface area contributed by atoms with E-state index in [0.717, 1.165) is 55.3 Å². The minimum Gasteiger partial charge on any atom is -0.451 e. The number of piperidine rings is 1. The molecule has 2 N–H and O–H groups in total. The fourth-order valence-corrected chi connectivity index (χ4v) is 4.30. The van der Waals surface area contributed by atoms with Crippen molar-refractivity contribution < 1.29 is 17.6 Å². The van der Waals surface area contributed by atoms with Crippen molar-refractivity contribution in [1.82, 2.24) is 10.2 Å². The van der Waals surface area contributed by atoms with Crippen LogP contribution >= 0.6 is 0 Å². The predicted molar refractivity (Wildman–Crippen MR) is 117 cm³/mol. The zero-order chi connectivity index (χ0) is 21.1. The SMILES string of the molecule is CS(=O)(=O)Nc1ccc(CN2CCC(NC(=O)c3cc4ccccc4o3)CC2)cc1. The predicted octanol–water partition coefficient (Wildman–Crippen LogP) is 3.20. The van der Waals surface area contributed by atoms with E-state index in [1.165, 1.54) is 0 Å². The average molecular weight is 428 g/mol. The van der Waals surface area contributed by atoms with Crippen LogP contribution in [0.25, 0.3) is 11.0 Å². The molecule has 1 aliphatic rings. The summed E-state index contributed by atoms with van der Waals surface area (Å²) in [5, 5.41) is 4.01. The lowest BCUT2D eigenvalue weighted by Gasteiger charge is -2.32. The summed E-state index contributed by atoms with van der Waals surface area (Å²) in [6, 6.07) is 16.9. The van der Waals surface area contributed by atoms with Crippen LogP contribution in [-0.2, 0) is 16.6 Å². The second kappa shape index (κ2) is 8.49. The number of sulfonamides is 1. The number of hydrogen-bond donors (Lipinski definition) is 2. The van der Waals surface area contributed by atoms with Crippen LogP contribution in [0.4, 0.5) is 5.69 Å². The fourth-order valence-electron chi connectivity index (χ4n) is 3.74. The van der Waals surface area contributed by atoms with Crippen molar-refractivity contribution in [2.24, 2.45) is 0 Å². The van der Waals surface area contributed by atoms with Crippen LogP contribution in [0.1, 0.15) is 29.0 Å². The van der Waals surface area contributed by atoms with Crippen molar-refractivity contribution in [3.8, 4) is 0 Å². The maximum atomic E-state index is 12.5. The summed E-state index contributed by atoms with van der Waals surface area (Å²) < 4.78 is 30.7. The summed E-state index contributed by atoms with van der Waals surface area (Å²) in [4.78, 5) is 14.9. The Kier molecular flexibility index (Phi) is 5.78. The van der Waals surface area contributed by atoms with Crippen molar-refractivity contribution >= 4 is 32.6 Å². The number of fused-ring (bicyclic) bond motifs is 1. The van der Waals surface area contributed by atoms with E-state index in [0.29, 0.717) is 11.4 Å². The highest BCUT2D eigenvalue weighted by Gasteiger charge is 2.22. The Bertz CT molecular complexity index is 1100. The molecule has 0 aliphatic carbocycles. The Hall–Kier alpha value is -2.84. The smallest absolute Gasteiger partial charge is 0.287 e. The van der Waals surface area contributed by atoms with Crippen LogP contribution in [0.15, 0.2) is 59.0 Å². The fraction of sp³-hybridized carbons (Fsp3) is 0.318. The summed E-state index contributed by atoms with van der Waals surface area (Å²) in [5.74, 6) is 0.181. The number of amides is 1. The third-order valence-electron chi connectivity index (χ3n) is 5.24. The largest absolute Gasteiger partial charge is 0.451 e. The summed E-state index contributed by atoms with van der Waals surface area (Å²) in [5.41, 5.74) is 2.40. The highest BCUT2D eigenvalue weighted by atomic mass is 32.2. The number of anilines is 1. The molecule has 8 heteroatoms. The minimum absolute atomic E-state index is 0.128. The molecular formula is C22H25N3O4S. The van der Waals surface area contributed by atoms with Gasteiger partial charge >= 0.3 is 0 Å². The van der Waals surface area contributed by atoms with E-state index in [1.807, 2.05) is 36.4 Å². The third kappa shape index (κ3) is 5.20. The van der Waals surface area contributed by atoms with Gasteiger partial charge in [0.2, 0.25) is 10.0 Å². The Morgan fingerprint density at radius 3 is 2.47 bits per heavy atom. The molecule has 1 saturated heterocycles. The van der Waals surface area contributed by atoms with Crippen LogP contribution in [0.5, 0.6) is 0 Å². The van der Waals surface area contributed by atoms with E-state index in [9.17, 15) is 13.2 Å². The van der Waals surface area contributed by atoms with Crippen LogP contribution in [0.2, 0.25) is 0 Å². The van der Waals surface area contributed by atoms with Crippen molar-refractivity contribution in [1.29, 1.82) is 0 Å². The molecule has 158 valence electrons. The van der Waals surface area contributed by atoms with E-state index in [2.05, 4.69) is 14.9 Å². The molecule has 0 saturated carbocycles. The Morgan fingerprint density at radius 1 is 1.10 bits per heavy atom. The second-order valence-electron chi connectivity index (χ2n) is 7.74. The molecule has 0 atom stereocenters. The van der Waals surface area contributed by atoms with Gasteiger partial charge in [-0.3, -0.25) is 14.4 Å². The van der Waals surface area contributed by atoms with E-state index in [-0.39, 0.29) is 11.9 Å². The van der Waals surface area contributed by atoms with Crippen LogP contribution in [0.3, 0.4) is 0 Å². The van der Waals surface area contributed by atoms with Crippen molar-refractivity contribution in [2.75, 3.05) is 24.1 Å². The standard InChI is InChI=1S/C22H25N3O4S/c1-30(27,28)24-19-8-6-16(7-9-19)15-25-12-10-18(11-13-25)23-22(26)21-14-17-4-2-3-5-20(17)29-21/h2-9,14,18,24H,10-13,15H2,1H3,(H,23,26). The van der Waals surface area contributed by atoms with Gasteiger partial charge in [0.05, 0.1) is 6.26 Å². The number of nitrogens with zero attached hydrogens (tertiary/aromatic N) is 1. The highest BCUT2D eigenvalue weighted by molar-refractivity contribution is 7.92. The summed E-state index contributed by atoms with van der Waals surface area (Å²) >= 11 is 0. The molecule has 3 aromatic rings. The van der Waals surface area contributed by atoms with Gasteiger partial charge in [-0.05, 0) is 42.7 Å². The maximum absolute atomic E-state index is 12.5. The van der Waals surface area contributed by atoms with Crippen molar-refractivity contribution in [3.05, 3.63) is 65.9 Å². The topological polar surface area (TPSA) is 91.7 Å². The number of nitrogens with one attached hydrogen (secondary N) is 2. The van der Waals surface area contributed by atoms with E-state index < -0.39 is 10.0 Å². The maximum Gasteiger partial charge on any atom is 0.287 e. The van der Waals surface area contributed by atoms with Gasteiger partial charge in [0, 0.05) is 36.7 Å². The van der Waals surface area contributed by atoms with E-state index in [1.54, 1.807) is 18.2 Å². The van der Waals surface area contributed by atoms with Crippen molar-refractivity contribution in [2.45, 2.75) is 25.4 Å². The van der Waals surface area contributed by atoms with Gasteiger partial charge in [-0.2, -0.15) is 0 Å². The monoisotopic (exact) mass is 427 g/mol. The zero-order valence-corrected chi connectivity index (χ0v) is 17.6. The first-order chi connectivity index (χ1) is 14.4. The van der Waals surface area contributed by atoms with Gasteiger partial charge in [-0.1, -0.05) is 30.3 Å². The van der Waals surface area contributed by atoms with Crippen LogP contribution < -0.4 is 10.0 Å². The first-order valence-electron chi connectivity index (χ1n) is 9.94. The molecule has 2 heterocycles. The molecule has 0 radical (unpaired) electrons. The van der Waals surface area contributed by atoms with Crippen LogP contribution in [0, 0.1) is 0 Å². The number of carbonyl (C=O) groups is 1. The molecule has 1 fully saturated rings. The number of furan rings is 1. The summed E-state index contributed by atoms with van der Waals surface area (Å²) in [6.45, 7) is 2.56. The molecule has 1 amide bonds. The quantitative estimate of drug-likeness (QED) is 0.630. The first kappa shape index (κ1) is 20.4. The molecule has 7 nitrogen and oxygen atoms in total. The summed E-state index contributed by atoms with van der Waals surface area (Å²) in [7, 11) is -3.26. The van der Waals surface area contributed by atoms with Crippen LogP contribution in [-0.4, -0.2) is 44.6 Å². The van der Waals surface area contributed by atoms with Gasteiger partial charge in [0.15, 0.2) is 5.76 Å². The van der Waals surface area contributed by atoms with Gasteiger partial charge in [-0.25, -0.2) is 8.42 Å². The molecule has 0 bridgehead atoms. The zero-order valence-electron chi connectivity index (χ0n) is 16.8.